The van der Waals surface area contributed by atoms with Crippen LogP contribution in [0.25, 0.3) is 0 Å². The van der Waals surface area contributed by atoms with Crippen LogP contribution in [0.2, 0.25) is 0 Å². The summed E-state index contributed by atoms with van der Waals surface area (Å²) in [7, 11) is 0. The van der Waals surface area contributed by atoms with Crippen LogP contribution in [0.5, 0.6) is 0 Å². The van der Waals surface area contributed by atoms with Gasteiger partial charge in [-0.25, -0.2) is 0 Å². The van der Waals surface area contributed by atoms with Crippen molar-refractivity contribution in [1.29, 1.82) is 5.26 Å². The lowest BCUT2D eigenvalue weighted by Gasteiger charge is -2.32. The molecule has 0 amide bonds. The van der Waals surface area contributed by atoms with E-state index in [1.165, 1.54) is 18.5 Å². The Labute approximate surface area is 91.1 Å². The highest BCUT2D eigenvalue weighted by molar-refractivity contribution is 5.49. The monoisotopic (exact) mass is 200 g/mol. The standard InChI is InChI=1S/C13H16N2/c1-11-3-2-8-15(10-11)13-6-4-12(9-14)5-7-13/h4-7,11H,2-3,8,10H2,1H3. The summed E-state index contributed by atoms with van der Waals surface area (Å²) >= 11 is 0. The molecule has 1 aliphatic rings. The highest BCUT2D eigenvalue weighted by Crippen LogP contribution is 2.22. The Morgan fingerprint density at radius 1 is 1.33 bits per heavy atom. The molecule has 0 bridgehead atoms. The maximum absolute atomic E-state index is 8.72. The molecular weight excluding hydrogens is 184 g/mol. The highest BCUT2D eigenvalue weighted by atomic mass is 15.1. The summed E-state index contributed by atoms with van der Waals surface area (Å²) in [5, 5.41) is 8.72. The molecule has 2 nitrogen and oxygen atoms in total. The van der Waals surface area contributed by atoms with Gasteiger partial charge in [-0.3, -0.25) is 0 Å². The lowest BCUT2D eigenvalue weighted by atomic mass is 9.99. The van der Waals surface area contributed by atoms with Crippen molar-refractivity contribution < 1.29 is 0 Å². The fraction of sp³-hybridized carbons (Fsp3) is 0.462. The lowest BCUT2D eigenvalue weighted by Crippen LogP contribution is -2.34. The molecule has 0 aliphatic carbocycles. The molecule has 78 valence electrons. The van der Waals surface area contributed by atoms with Crippen LogP contribution in [-0.2, 0) is 0 Å². The van der Waals surface area contributed by atoms with Crippen LogP contribution < -0.4 is 4.90 Å². The summed E-state index contributed by atoms with van der Waals surface area (Å²) in [6.07, 6.45) is 2.62. The number of nitriles is 1. The van der Waals surface area contributed by atoms with E-state index in [-0.39, 0.29) is 0 Å². The van der Waals surface area contributed by atoms with Gasteiger partial charge in [-0.2, -0.15) is 5.26 Å². The first kappa shape index (κ1) is 10.0. The number of anilines is 1. The largest absolute Gasteiger partial charge is 0.371 e. The van der Waals surface area contributed by atoms with Crippen molar-refractivity contribution in [3.63, 3.8) is 0 Å². The van der Waals surface area contributed by atoms with E-state index in [9.17, 15) is 0 Å². The van der Waals surface area contributed by atoms with Crippen LogP contribution in [0.3, 0.4) is 0 Å². The second-order valence-electron chi connectivity index (χ2n) is 4.35. The van der Waals surface area contributed by atoms with Crippen LogP contribution in [0.4, 0.5) is 5.69 Å². The Morgan fingerprint density at radius 3 is 2.67 bits per heavy atom. The summed E-state index contributed by atoms with van der Waals surface area (Å²) in [5.41, 5.74) is 1.99. The zero-order chi connectivity index (χ0) is 10.7. The normalized spacial score (nSPS) is 21.1. The first-order chi connectivity index (χ1) is 7.29. The van der Waals surface area contributed by atoms with Gasteiger partial charge in [0.05, 0.1) is 11.6 Å². The van der Waals surface area contributed by atoms with Gasteiger partial charge in [0.2, 0.25) is 0 Å². The third-order valence-corrected chi connectivity index (χ3v) is 3.02. The van der Waals surface area contributed by atoms with E-state index in [1.807, 2.05) is 12.1 Å². The van der Waals surface area contributed by atoms with E-state index in [0.29, 0.717) is 0 Å². The molecule has 15 heavy (non-hydrogen) atoms. The Hall–Kier alpha value is -1.49. The topological polar surface area (TPSA) is 27.0 Å². The molecule has 1 aliphatic heterocycles. The third-order valence-electron chi connectivity index (χ3n) is 3.02. The molecule has 0 spiro atoms. The Balaban J connectivity index is 2.12. The zero-order valence-corrected chi connectivity index (χ0v) is 9.11. The predicted octanol–water partition coefficient (Wildman–Crippen LogP) is 2.79. The van der Waals surface area contributed by atoms with Gasteiger partial charge in [-0.05, 0) is 43.0 Å². The average Bonchev–Trinajstić information content (AvgIpc) is 2.29. The van der Waals surface area contributed by atoms with Gasteiger partial charge in [-0.1, -0.05) is 6.92 Å². The van der Waals surface area contributed by atoms with Crippen molar-refractivity contribution in [2.45, 2.75) is 19.8 Å². The summed E-state index contributed by atoms with van der Waals surface area (Å²) < 4.78 is 0. The van der Waals surface area contributed by atoms with Gasteiger partial charge in [0.15, 0.2) is 0 Å². The van der Waals surface area contributed by atoms with Gasteiger partial charge in [0.25, 0.3) is 0 Å². The van der Waals surface area contributed by atoms with E-state index >= 15 is 0 Å². The molecule has 0 radical (unpaired) electrons. The van der Waals surface area contributed by atoms with Gasteiger partial charge in [0.1, 0.15) is 0 Å². The molecule has 1 aromatic carbocycles. The number of nitrogens with zero attached hydrogens (tertiary/aromatic N) is 2. The van der Waals surface area contributed by atoms with Crippen LogP contribution >= 0.6 is 0 Å². The molecular formula is C13H16N2. The molecule has 2 rings (SSSR count). The first-order valence-corrected chi connectivity index (χ1v) is 5.54. The molecule has 0 saturated carbocycles. The fourth-order valence-electron chi connectivity index (χ4n) is 2.17. The molecule has 0 N–H and O–H groups in total. The summed E-state index contributed by atoms with van der Waals surface area (Å²) in [4.78, 5) is 2.41. The quantitative estimate of drug-likeness (QED) is 0.697. The number of piperidine rings is 1. The van der Waals surface area contributed by atoms with Crippen molar-refractivity contribution >= 4 is 5.69 Å². The van der Waals surface area contributed by atoms with Crippen LogP contribution in [0.15, 0.2) is 24.3 Å². The van der Waals surface area contributed by atoms with Gasteiger partial charge in [-0.15, -0.1) is 0 Å². The Bertz CT molecular complexity index is 361. The Kier molecular flexibility index (Phi) is 2.91. The van der Waals surface area contributed by atoms with Crippen LogP contribution in [-0.4, -0.2) is 13.1 Å². The average molecular weight is 200 g/mol. The zero-order valence-electron chi connectivity index (χ0n) is 9.11. The summed E-state index contributed by atoms with van der Waals surface area (Å²) in [6.45, 7) is 4.60. The highest BCUT2D eigenvalue weighted by Gasteiger charge is 2.16. The summed E-state index contributed by atoms with van der Waals surface area (Å²) in [6, 6.07) is 10.0. The molecule has 1 saturated heterocycles. The Morgan fingerprint density at radius 2 is 2.07 bits per heavy atom. The number of hydrogen-bond donors (Lipinski definition) is 0. The molecule has 0 aromatic heterocycles. The second kappa shape index (κ2) is 4.35. The molecule has 1 atom stereocenters. The smallest absolute Gasteiger partial charge is 0.0991 e. The molecule has 2 heteroatoms. The van der Waals surface area contributed by atoms with Crippen molar-refractivity contribution in [2.24, 2.45) is 5.92 Å². The minimum absolute atomic E-state index is 0.740. The fourth-order valence-corrected chi connectivity index (χ4v) is 2.17. The van der Waals surface area contributed by atoms with E-state index in [1.54, 1.807) is 0 Å². The maximum Gasteiger partial charge on any atom is 0.0991 e. The van der Waals surface area contributed by atoms with E-state index in [4.69, 9.17) is 5.26 Å². The number of benzene rings is 1. The van der Waals surface area contributed by atoms with E-state index in [0.717, 1.165) is 24.6 Å². The van der Waals surface area contributed by atoms with Gasteiger partial charge in [0, 0.05) is 18.8 Å². The van der Waals surface area contributed by atoms with Crippen LogP contribution in [0.1, 0.15) is 25.3 Å². The SMILES string of the molecule is CC1CCCN(c2ccc(C#N)cc2)C1. The summed E-state index contributed by atoms with van der Waals surface area (Å²) in [5.74, 6) is 0.786. The maximum atomic E-state index is 8.72. The number of rotatable bonds is 1. The molecule has 1 unspecified atom stereocenters. The molecule has 1 aromatic rings. The minimum atomic E-state index is 0.740. The van der Waals surface area contributed by atoms with Gasteiger partial charge < -0.3 is 4.90 Å². The molecule has 1 heterocycles. The van der Waals surface area contributed by atoms with Crippen molar-refractivity contribution in [3.8, 4) is 6.07 Å². The molecule has 1 fully saturated rings. The predicted molar refractivity (Wildman–Crippen MR) is 61.8 cm³/mol. The van der Waals surface area contributed by atoms with E-state index < -0.39 is 0 Å². The van der Waals surface area contributed by atoms with E-state index in [2.05, 4.69) is 30.0 Å². The minimum Gasteiger partial charge on any atom is -0.371 e. The number of hydrogen-bond acceptors (Lipinski definition) is 2. The third kappa shape index (κ3) is 2.30. The van der Waals surface area contributed by atoms with Crippen molar-refractivity contribution in [1.82, 2.24) is 0 Å². The van der Waals surface area contributed by atoms with Gasteiger partial charge >= 0.3 is 0 Å². The van der Waals surface area contributed by atoms with Crippen LogP contribution in [0, 0.1) is 17.2 Å². The van der Waals surface area contributed by atoms with Crippen molar-refractivity contribution in [2.75, 3.05) is 18.0 Å². The second-order valence-corrected chi connectivity index (χ2v) is 4.35. The lowest BCUT2D eigenvalue weighted by molar-refractivity contribution is 0.447. The van der Waals surface area contributed by atoms with Crippen molar-refractivity contribution in [3.05, 3.63) is 29.8 Å². The first-order valence-electron chi connectivity index (χ1n) is 5.54.